The fourth-order valence-corrected chi connectivity index (χ4v) is 4.02. The molecule has 7 heteroatoms. The first-order valence-corrected chi connectivity index (χ1v) is 9.35. The van der Waals surface area contributed by atoms with Crippen molar-refractivity contribution in [3.8, 4) is 5.75 Å². The maximum absolute atomic E-state index is 12.4. The quantitative estimate of drug-likeness (QED) is 0.825. The zero-order valence-electron chi connectivity index (χ0n) is 15.0. The van der Waals surface area contributed by atoms with Gasteiger partial charge in [0.1, 0.15) is 5.75 Å². The Kier molecular flexibility index (Phi) is 6.42. The number of halogens is 3. The first-order chi connectivity index (χ1) is 12.5. The van der Waals surface area contributed by atoms with Crippen LogP contribution in [0.1, 0.15) is 37.7 Å². The maximum Gasteiger partial charge on any atom is 0.573 e. The van der Waals surface area contributed by atoms with E-state index >= 15 is 0 Å². The van der Waals surface area contributed by atoms with Crippen LogP contribution in [0.4, 0.5) is 13.2 Å². The molecule has 2 saturated heterocycles. The lowest BCUT2D eigenvalue weighted by atomic mass is 9.86. The lowest BCUT2D eigenvalue weighted by Crippen LogP contribution is -2.59. The van der Waals surface area contributed by atoms with Gasteiger partial charge in [0, 0.05) is 31.8 Å². The lowest BCUT2D eigenvalue weighted by Gasteiger charge is -2.48. The second-order valence-corrected chi connectivity index (χ2v) is 7.18. The number of benzene rings is 1. The Hall–Kier alpha value is -1.31. The van der Waals surface area contributed by atoms with Crippen molar-refractivity contribution in [2.75, 3.05) is 32.8 Å². The van der Waals surface area contributed by atoms with Crippen molar-refractivity contribution in [1.29, 1.82) is 0 Å². The molecular formula is C19H27F3N2O2. The summed E-state index contributed by atoms with van der Waals surface area (Å²) >= 11 is 0. The highest BCUT2D eigenvalue weighted by atomic mass is 19.4. The molecule has 0 saturated carbocycles. The average Bonchev–Trinajstić information content (AvgIpc) is 2.62. The van der Waals surface area contributed by atoms with Gasteiger partial charge in [0.25, 0.3) is 0 Å². The van der Waals surface area contributed by atoms with Crippen molar-refractivity contribution in [3.05, 3.63) is 29.8 Å². The minimum absolute atomic E-state index is 0.0960. The van der Waals surface area contributed by atoms with Crippen LogP contribution in [0, 0.1) is 0 Å². The van der Waals surface area contributed by atoms with Crippen LogP contribution in [0.2, 0.25) is 0 Å². The van der Waals surface area contributed by atoms with Crippen LogP contribution < -0.4 is 10.1 Å². The standard InChI is InChI=1S/C19H27F3N2O2/c20-19(21,22)26-17-6-4-5-16(13-17)14-23-15-18(7-11-25-12-8-18)24-9-2-1-3-10-24/h4-6,13,23H,1-3,7-12,14-15H2. The summed E-state index contributed by atoms with van der Waals surface area (Å²) in [7, 11) is 0. The fraction of sp³-hybridized carbons (Fsp3) is 0.684. The summed E-state index contributed by atoms with van der Waals surface area (Å²) in [5, 5.41) is 3.47. The zero-order chi connectivity index (χ0) is 18.5. The molecule has 0 unspecified atom stereocenters. The van der Waals surface area contributed by atoms with Gasteiger partial charge in [-0.1, -0.05) is 18.6 Å². The Morgan fingerprint density at radius 1 is 1.12 bits per heavy atom. The number of rotatable bonds is 6. The molecular weight excluding hydrogens is 345 g/mol. The largest absolute Gasteiger partial charge is 0.573 e. The minimum atomic E-state index is -4.66. The third-order valence-electron chi connectivity index (χ3n) is 5.37. The molecule has 26 heavy (non-hydrogen) atoms. The van der Waals surface area contributed by atoms with E-state index in [0.29, 0.717) is 6.54 Å². The zero-order valence-corrected chi connectivity index (χ0v) is 15.0. The molecule has 146 valence electrons. The van der Waals surface area contributed by atoms with Gasteiger partial charge in [-0.25, -0.2) is 0 Å². The molecule has 0 spiro atoms. The van der Waals surface area contributed by atoms with E-state index in [1.54, 1.807) is 6.07 Å². The van der Waals surface area contributed by atoms with Crippen molar-refractivity contribution in [1.82, 2.24) is 10.2 Å². The van der Waals surface area contributed by atoms with Crippen LogP contribution in [-0.2, 0) is 11.3 Å². The molecule has 0 bridgehead atoms. The van der Waals surface area contributed by atoms with Gasteiger partial charge in [0.05, 0.1) is 0 Å². The van der Waals surface area contributed by atoms with Crippen LogP contribution in [-0.4, -0.2) is 49.6 Å². The van der Waals surface area contributed by atoms with Gasteiger partial charge in [0.15, 0.2) is 0 Å². The third-order valence-corrected chi connectivity index (χ3v) is 5.37. The molecule has 3 rings (SSSR count). The highest BCUT2D eigenvalue weighted by Gasteiger charge is 2.38. The molecule has 0 radical (unpaired) electrons. The van der Waals surface area contributed by atoms with E-state index in [1.165, 1.54) is 31.4 Å². The predicted octanol–water partition coefficient (Wildman–Crippen LogP) is 3.71. The van der Waals surface area contributed by atoms with Crippen LogP contribution in [0.15, 0.2) is 24.3 Å². The van der Waals surface area contributed by atoms with E-state index in [9.17, 15) is 13.2 Å². The number of hydrogen-bond donors (Lipinski definition) is 1. The highest BCUT2D eigenvalue weighted by Crippen LogP contribution is 2.30. The Bertz CT molecular complexity index is 568. The summed E-state index contributed by atoms with van der Waals surface area (Å²) in [6.07, 6.45) is 1.10. The van der Waals surface area contributed by atoms with Crippen molar-refractivity contribution in [3.63, 3.8) is 0 Å². The number of hydrogen-bond acceptors (Lipinski definition) is 4. The van der Waals surface area contributed by atoms with Crippen LogP contribution in [0.25, 0.3) is 0 Å². The monoisotopic (exact) mass is 372 g/mol. The summed E-state index contributed by atoms with van der Waals surface area (Å²) in [6, 6.07) is 6.17. The molecule has 1 N–H and O–H groups in total. The predicted molar refractivity (Wildman–Crippen MR) is 93.0 cm³/mol. The van der Waals surface area contributed by atoms with Crippen molar-refractivity contribution < 1.29 is 22.6 Å². The van der Waals surface area contributed by atoms with Gasteiger partial charge in [0.2, 0.25) is 0 Å². The highest BCUT2D eigenvalue weighted by molar-refractivity contribution is 5.28. The second kappa shape index (κ2) is 8.59. The first-order valence-electron chi connectivity index (χ1n) is 9.35. The molecule has 1 aromatic rings. The summed E-state index contributed by atoms with van der Waals surface area (Å²) in [5.41, 5.74) is 0.881. The molecule has 4 nitrogen and oxygen atoms in total. The van der Waals surface area contributed by atoms with Gasteiger partial charge in [-0.2, -0.15) is 0 Å². The number of nitrogens with one attached hydrogen (secondary N) is 1. The molecule has 2 fully saturated rings. The van der Waals surface area contributed by atoms with E-state index in [1.807, 2.05) is 6.07 Å². The van der Waals surface area contributed by atoms with E-state index in [0.717, 1.165) is 51.3 Å². The van der Waals surface area contributed by atoms with Crippen LogP contribution in [0.5, 0.6) is 5.75 Å². The summed E-state index contributed by atoms with van der Waals surface area (Å²) in [5.74, 6) is -0.173. The number of likely N-dealkylation sites (tertiary alicyclic amines) is 1. The number of ether oxygens (including phenoxy) is 2. The van der Waals surface area contributed by atoms with E-state index in [-0.39, 0.29) is 11.3 Å². The van der Waals surface area contributed by atoms with E-state index in [4.69, 9.17) is 4.74 Å². The topological polar surface area (TPSA) is 33.7 Å². The smallest absolute Gasteiger partial charge is 0.406 e. The fourth-order valence-electron chi connectivity index (χ4n) is 4.02. The summed E-state index contributed by atoms with van der Waals surface area (Å²) < 4.78 is 46.7. The molecule has 2 aliphatic heterocycles. The number of piperidine rings is 1. The van der Waals surface area contributed by atoms with Gasteiger partial charge in [-0.05, 0) is 56.5 Å². The minimum Gasteiger partial charge on any atom is -0.406 e. The third kappa shape index (κ3) is 5.34. The second-order valence-electron chi connectivity index (χ2n) is 7.18. The Balaban J connectivity index is 1.58. The summed E-state index contributed by atoms with van der Waals surface area (Å²) in [4.78, 5) is 2.59. The SMILES string of the molecule is FC(F)(F)Oc1cccc(CNCC2(N3CCCCC3)CCOCC2)c1. The Morgan fingerprint density at radius 2 is 1.85 bits per heavy atom. The first kappa shape index (κ1) is 19.5. The maximum atomic E-state index is 12.4. The normalized spacial score (nSPS) is 21.5. The molecule has 1 aromatic carbocycles. The lowest BCUT2D eigenvalue weighted by molar-refractivity contribution is -0.274. The van der Waals surface area contributed by atoms with E-state index in [2.05, 4.69) is 15.0 Å². The molecule has 0 aliphatic carbocycles. The molecule has 0 atom stereocenters. The molecule has 2 aliphatic rings. The number of alkyl halides is 3. The molecule has 0 amide bonds. The molecule has 0 aromatic heterocycles. The average molecular weight is 372 g/mol. The Labute approximate surface area is 152 Å². The van der Waals surface area contributed by atoms with Crippen molar-refractivity contribution in [2.45, 2.75) is 50.6 Å². The summed E-state index contributed by atoms with van der Waals surface area (Å²) in [6.45, 7) is 5.12. The van der Waals surface area contributed by atoms with Crippen molar-refractivity contribution in [2.24, 2.45) is 0 Å². The van der Waals surface area contributed by atoms with Crippen LogP contribution in [0.3, 0.4) is 0 Å². The van der Waals surface area contributed by atoms with Gasteiger partial charge in [-0.3, -0.25) is 4.90 Å². The Morgan fingerprint density at radius 3 is 2.54 bits per heavy atom. The molecule has 2 heterocycles. The van der Waals surface area contributed by atoms with Gasteiger partial charge >= 0.3 is 6.36 Å². The van der Waals surface area contributed by atoms with Crippen molar-refractivity contribution >= 4 is 0 Å². The van der Waals surface area contributed by atoms with Gasteiger partial charge < -0.3 is 14.8 Å². The van der Waals surface area contributed by atoms with E-state index < -0.39 is 6.36 Å². The van der Waals surface area contributed by atoms with Gasteiger partial charge in [-0.15, -0.1) is 13.2 Å². The van der Waals surface area contributed by atoms with Crippen LogP contribution >= 0.6 is 0 Å². The number of nitrogens with zero attached hydrogens (tertiary/aromatic N) is 1.